The Morgan fingerprint density at radius 2 is 2.10 bits per heavy atom. The third-order valence-corrected chi connectivity index (χ3v) is 6.02. The molecule has 2 unspecified atom stereocenters. The summed E-state index contributed by atoms with van der Waals surface area (Å²) >= 11 is 2.06. The molecule has 0 spiro atoms. The van der Waals surface area contributed by atoms with Gasteiger partial charge in [-0.25, -0.2) is 0 Å². The van der Waals surface area contributed by atoms with E-state index >= 15 is 0 Å². The summed E-state index contributed by atoms with van der Waals surface area (Å²) in [6, 6.07) is 12.3. The quantitative estimate of drug-likeness (QED) is 0.873. The Morgan fingerprint density at radius 1 is 1.29 bits per heavy atom. The molecule has 2 N–H and O–H groups in total. The van der Waals surface area contributed by atoms with E-state index in [-0.39, 0.29) is 6.04 Å². The molecule has 0 saturated carbocycles. The van der Waals surface area contributed by atoms with Gasteiger partial charge in [-0.3, -0.25) is 0 Å². The van der Waals surface area contributed by atoms with E-state index in [2.05, 4.69) is 37.0 Å². The lowest BCUT2D eigenvalue weighted by Crippen LogP contribution is -2.34. The zero-order valence-corrected chi connectivity index (χ0v) is 13.5. The molecular weight excluding hydrogens is 278 g/mol. The van der Waals surface area contributed by atoms with Crippen LogP contribution in [0.4, 0.5) is 0 Å². The van der Waals surface area contributed by atoms with Crippen molar-refractivity contribution in [3.8, 4) is 5.75 Å². The van der Waals surface area contributed by atoms with E-state index in [0.717, 1.165) is 22.9 Å². The summed E-state index contributed by atoms with van der Waals surface area (Å²) in [4.78, 5) is 0. The van der Waals surface area contributed by atoms with Gasteiger partial charge in [-0.05, 0) is 37.8 Å². The topological polar surface area (TPSA) is 32.3 Å². The number of rotatable bonds is 4. The number of phenols is 1. The zero-order chi connectivity index (χ0) is 14.9. The van der Waals surface area contributed by atoms with Crippen molar-refractivity contribution in [3.05, 3.63) is 42.0 Å². The van der Waals surface area contributed by atoms with Gasteiger partial charge in [0.1, 0.15) is 5.75 Å². The number of aromatic hydroxyl groups is 1. The minimum atomic E-state index is 0.160. The number of nitrogens with one attached hydrogen (secondary N) is 1. The molecule has 2 aromatic rings. The predicted octanol–water partition coefficient (Wildman–Crippen LogP) is 4.48. The molecule has 3 heteroatoms. The molecule has 2 atom stereocenters. The fourth-order valence-corrected chi connectivity index (χ4v) is 4.33. The maximum absolute atomic E-state index is 10.5. The predicted molar refractivity (Wildman–Crippen MR) is 92.1 cm³/mol. The number of hydrogen-bond donors (Lipinski definition) is 2. The van der Waals surface area contributed by atoms with Gasteiger partial charge >= 0.3 is 0 Å². The Labute approximate surface area is 130 Å². The second-order valence-electron chi connectivity index (χ2n) is 6.23. The van der Waals surface area contributed by atoms with Gasteiger partial charge in [0, 0.05) is 28.3 Å². The SMILES string of the molecule is CC(NCC1(C)CCCS1)c1ccc2ccccc2c1O. The first kappa shape index (κ1) is 14.7. The molecule has 0 aromatic heterocycles. The summed E-state index contributed by atoms with van der Waals surface area (Å²) in [6.45, 7) is 5.46. The lowest BCUT2D eigenvalue weighted by molar-refractivity contribution is 0.446. The molecule has 0 radical (unpaired) electrons. The van der Waals surface area contributed by atoms with Crippen LogP contribution < -0.4 is 5.32 Å². The minimum Gasteiger partial charge on any atom is -0.507 e. The summed E-state index contributed by atoms with van der Waals surface area (Å²) in [6.07, 6.45) is 2.60. The summed E-state index contributed by atoms with van der Waals surface area (Å²) < 4.78 is 0.348. The number of thioether (sulfide) groups is 1. The van der Waals surface area contributed by atoms with E-state index in [1.54, 1.807) is 0 Å². The van der Waals surface area contributed by atoms with E-state index in [4.69, 9.17) is 0 Å². The van der Waals surface area contributed by atoms with Crippen molar-refractivity contribution in [1.29, 1.82) is 0 Å². The molecule has 1 heterocycles. The van der Waals surface area contributed by atoms with Crippen LogP contribution in [0.25, 0.3) is 10.8 Å². The van der Waals surface area contributed by atoms with Crippen LogP contribution in [-0.4, -0.2) is 22.2 Å². The van der Waals surface area contributed by atoms with Crippen LogP contribution in [0.2, 0.25) is 0 Å². The molecule has 1 fully saturated rings. The summed E-state index contributed by atoms with van der Waals surface area (Å²) in [5.74, 6) is 1.69. The first-order valence-electron chi connectivity index (χ1n) is 7.67. The number of phenolic OH excluding ortho intramolecular Hbond substituents is 1. The Balaban J connectivity index is 1.78. The van der Waals surface area contributed by atoms with Crippen LogP contribution in [0.5, 0.6) is 5.75 Å². The largest absolute Gasteiger partial charge is 0.507 e. The van der Waals surface area contributed by atoms with Crippen LogP contribution in [0.3, 0.4) is 0 Å². The fraction of sp³-hybridized carbons (Fsp3) is 0.444. The summed E-state index contributed by atoms with van der Waals surface area (Å²) in [7, 11) is 0. The monoisotopic (exact) mass is 301 g/mol. The molecule has 1 aliphatic rings. The highest BCUT2D eigenvalue weighted by atomic mass is 32.2. The zero-order valence-electron chi connectivity index (χ0n) is 12.7. The van der Waals surface area contributed by atoms with Gasteiger partial charge in [-0.2, -0.15) is 11.8 Å². The van der Waals surface area contributed by atoms with Gasteiger partial charge in [0.25, 0.3) is 0 Å². The molecule has 0 amide bonds. The highest BCUT2D eigenvalue weighted by molar-refractivity contribution is 8.00. The summed E-state index contributed by atoms with van der Waals surface area (Å²) in [5, 5.41) is 16.2. The lowest BCUT2D eigenvalue weighted by atomic mass is 10.00. The van der Waals surface area contributed by atoms with E-state index in [0.29, 0.717) is 10.5 Å². The molecule has 2 nitrogen and oxygen atoms in total. The van der Waals surface area contributed by atoms with Crippen molar-refractivity contribution in [2.24, 2.45) is 0 Å². The third kappa shape index (κ3) is 3.04. The van der Waals surface area contributed by atoms with E-state index in [1.165, 1.54) is 18.6 Å². The molecule has 1 aliphatic heterocycles. The molecule has 3 rings (SSSR count). The molecule has 0 bridgehead atoms. The number of hydrogen-bond acceptors (Lipinski definition) is 3. The van der Waals surface area contributed by atoms with Crippen molar-refractivity contribution in [2.75, 3.05) is 12.3 Å². The van der Waals surface area contributed by atoms with Gasteiger partial charge in [-0.15, -0.1) is 0 Å². The minimum absolute atomic E-state index is 0.160. The highest BCUT2D eigenvalue weighted by Crippen LogP contribution is 2.38. The second kappa shape index (κ2) is 5.90. The van der Waals surface area contributed by atoms with Crippen molar-refractivity contribution in [2.45, 2.75) is 37.5 Å². The smallest absolute Gasteiger partial charge is 0.128 e. The Bertz CT molecular complexity index is 634. The van der Waals surface area contributed by atoms with Crippen LogP contribution in [0.1, 0.15) is 38.3 Å². The normalized spacial score (nSPS) is 23.5. The van der Waals surface area contributed by atoms with Gasteiger partial charge < -0.3 is 10.4 Å². The summed E-state index contributed by atoms with van der Waals surface area (Å²) in [5.41, 5.74) is 0.986. The average Bonchev–Trinajstić information content (AvgIpc) is 2.93. The van der Waals surface area contributed by atoms with Crippen LogP contribution in [-0.2, 0) is 0 Å². The van der Waals surface area contributed by atoms with Gasteiger partial charge in [0.05, 0.1) is 0 Å². The Kier molecular flexibility index (Phi) is 4.14. The number of benzene rings is 2. The van der Waals surface area contributed by atoms with Gasteiger partial charge in [0.2, 0.25) is 0 Å². The number of fused-ring (bicyclic) bond motifs is 1. The van der Waals surface area contributed by atoms with Gasteiger partial charge in [-0.1, -0.05) is 36.4 Å². The third-order valence-electron chi connectivity index (χ3n) is 4.48. The van der Waals surface area contributed by atoms with Crippen LogP contribution in [0.15, 0.2) is 36.4 Å². The van der Waals surface area contributed by atoms with Crippen molar-refractivity contribution >= 4 is 22.5 Å². The fourth-order valence-electron chi connectivity index (χ4n) is 3.08. The maximum atomic E-state index is 10.5. The van der Waals surface area contributed by atoms with E-state index in [1.807, 2.05) is 30.3 Å². The lowest BCUT2D eigenvalue weighted by Gasteiger charge is -2.26. The first-order valence-corrected chi connectivity index (χ1v) is 8.66. The Morgan fingerprint density at radius 3 is 2.86 bits per heavy atom. The molecule has 0 aliphatic carbocycles. The average molecular weight is 301 g/mol. The second-order valence-corrected chi connectivity index (χ2v) is 7.91. The Hall–Kier alpha value is -1.19. The maximum Gasteiger partial charge on any atom is 0.128 e. The van der Waals surface area contributed by atoms with Crippen molar-refractivity contribution in [3.63, 3.8) is 0 Å². The molecule has 2 aromatic carbocycles. The molecule has 21 heavy (non-hydrogen) atoms. The molecule has 1 saturated heterocycles. The van der Waals surface area contributed by atoms with Crippen molar-refractivity contribution in [1.82, 2.24) is 5.32 Å². The van der Waals surface area contributed by atoms with Crippen LogP contribution in [0, 0.1) is 0 Å². The van der Waals surface area contributed by atoms with E-state index in [9.17, 15) is 5.11 Å². The van der Waals surface area contributed by atoms with E-state index < -0.39 is 0 Å². The van der Waals surface area contributed by atoms with Crippen LogP contribution >= 0.6 is 11.8 Å². The van der Waals surface area contributed by atoms with Gasteiger partial charge in [0.15, 0.2) is 0 Å². The standard InChI is InChI=1S/C18H23NOS/c1-13(19-12-18(2)10-5-11-21-18)15-9-8-14-6-3-4-7-16(14)17(15)20/h3-4,6-9,13,19-20H,5,10-12H2,1-2H3. The molecule has 112 valence electrons. The van der Waals surface area contributed by atoms with Crippen molar-refractivity contribution < 1.29 is 5.11 Å². The highest BCUT2D eigenvalue weighted by Gasteiger charge is 2.29. The first-order chi connectivity index (χ1) is 10.1. The molecular formula is C18H23NOS.